The second kappa shape index (κ2) is 6.11. The average molecular weight is 353 g/mol. The second-order valence-corrected chi connectivity index (χ2v) is 5.59. The summed E-state index contributed by atoms with van der Waals surface area (Å²) in [6, 6.07) is 13.0. The molecule has 0 unspecified atom stereocenters. The van der Waals surface area contributed by atoms with Crippen LogP contribution in [-0.4, -0.2) is 21.2 Å². The van der Waals surface area contributed by atoms with Crippen LogP contribution in [0.3, 0.4) is 0 Å². The minimum Gasteiger partial charge on any atom is -0.497 e. The van der Waals surface area contributed by atoms with Gasteiger partial charge in [0.05, 0.1) is 24.0 Å². The molecule has 2 aromatic heterocycles. The van der Waals surface area contributed by atoms with E-state index in [-0.39, 0.29) is 5.69 Å². The van der Waals surface area contributed by atoms with Gasteiger partial charge in [-0.3, -0.25) is 4.57 Å². The molecule has 2 heterocycles. The van der Waals surface area contributed by atoms with E-state index >= 15 is 0 Å². The molecular formula is C19H13F2N3O2. The van der Waals surface area contributed by atoms with Gasteiger partial charge in [0.15, 0.2) is 5.65 Å². The van der Waals surface area contributed by atoms with Crippen molar-refractivity contribution in [3.63, 3.8) is 0 Å². The van der Waals surface area contributed by atoms with Crippen molar-refractivity contribution < 1.29 is 13.5 Å². The van der Waals surface area contributed by atoms with E-state index in [9.17, 15) is 13.6 Å². The van der Waals surface area contributed by atoms with Crippen LogP contribution in [-0.2, 0) is 0 Å². The van der Waals surface area contributed by atoms with Crippen LogP contribution >= 0.6 is 0 Å². The second-order valence-electron chi connectivity index (χ2n) is 5.59. The van der Waals surface area contributed by atoms with E-state index < -0.39 is 17.3 Å². The quantitative estimate of drug-likeness (QED) is 0.567. The Bertz CT molecular complexity index is 1160. The minimum absolute atomic E-state index is 0.166. The number of fused-ring (bicyclic) bond motifs is 1. The number of methoxy groups -OCH3 is 1. The Balaban J connectivity index is 2.05. The Morgan fingerprint density at radius 2 is 1.77 bits per heavy atom. The van der Waals surface area contributed by atoms with Gasteiger partial charge in [-0.25, -0.2) is 23.1 Å². The molecule has 0 spiro atoms. The molecule has 26 heavy (non-hydrogen) atoms. The summed E-state index contributed by atoms with van der Waals surface area (Å²) in [5.74, 6) is -0.705. The van der Waals surface area contributed by atoms with Crippen LogP contribution in [0.15, 0.2) is 65.6 Å². The van der Waals surface area contributed by atoms with Gasteiger partial charge < -0.3 is 4.74 Å². The third-order valence-corrected chi connectivity index (χ3v) is 4.08. The van der Waals surface area contributed by atoms with E-state index in [2.05, 4.69) is 4.98 Å². The van der Waals surface area contributed by atoms with Gasteiger partial charge in [-0.2, -0.15) is 0 Å². The first-order chi connectivity index (χ1) is 12.6. The van der Waals surface area contributed by atoms with Gasteiger partial charge in [-0.05, 0) is 48.5 Å². The highest BCUT2D eigenvalue weighted by Crippen LogP contribution is 2.22. The van der Waals surface area contributed by atoms with Crippen molar-refractivity contribution in [2.45, 2.75) is 0 Å². The first kappa shape index (κ1) is 16.0. The smallest absolute Gasteiger partial charge is 0.339 e. The lowest BCUT2D eigenvalue weighted by molar-refractivity contribution is 0.414. The Kier molecular flexibility index (Phi) is 3.76. The molecule has 5 nitrogen and oxygen atoms in total. The predicted molar refractivity (Wildman–Crippen MR) is 93.1 cm³/mol. The van der Waals surface area contributed by atoms with Crippen LogP contribution in [0, 0.1) is 11.6 Å². The van der Waals surface area contributed by atoms with Gasteiger partial charge in [0, 0.05) is 12.3 Å². The molecule has 4 aromatic rings. The number of pyridine rings is 1. The van der Waals surface area contributed by atoms with E-state index in [0.29, 0.717) is 22.6 Å². The summed E-state index contributed by atoms with van der Waals surface area (Å²) in [5, 5.41) is 0. The van der Waals surface area contributed by atoms with Crippen molar-refractivity contribution in [3.05, 3.63) is 82.9 Å². The normalized spacial score (nSPS) is 11.0. The molecule has 2 aromatic carbocycles. The molecule has 4 rings (SSSR count). The number of hydrogen-bond donors (Lipinski definition) is 0. The summed E-state index contributed by atoms with van der Waals surface area (Å²) in [6.45, 7) is 0. The highest BCUT2D eigenvalue weighted by molar-refractivity contribution is 5.76. The molecular weight excluding hydrogens is 340 g/mol. The number of imidazole rings is 1. The van der Waals surface area contributed by atoms with E-state index in [1.54, 1.807) is 43.5 Å². The van der Waals surface area contributed by atoms with Crippen molar-refractivity contribution in [2.75, 3.05) is 7.11 Å². The highest BCUT2D eigenvalue weighted by Gasteiger charge is 2.19. The lowest BCUT2D eigenvalue weighted by Crippen LogP contribution is -2.23. The number of rotatable bonds is 3. The SMILES string of the molecule is COc1ccc(-n2c(=O)n(-c3cc(F)ccc3F)c3cccnc32)cc1. The first-order valence-electron chi connectivity index (χ1n) is 7.78. The molecule has 0 saturated heterocycles. The number of halogens is 2. The van der Waals surface area contributed by atoms with Crippen LogP contribution in [0.1, 0.15) is 0 Å². The summed E-state index contributed by atoms with van der Waals surface area (Å²) in [4.78, 5) is 17.3. The molecule has 0 amide bonds. The molecule has 130 valence electrons. The van der Waals surface area contributed by atoms with Gasteiger partial charge in [0.2, 0.25) is 0 Å². The molecule has 0 aliphatic rings. The first-order valence-corrected chi connectivity index (χ1v) is 7.78. The molecule has 0 aliphatic heterocycles. The van der Waals surface area contributed by atoms with Gasteiger partial charge >= 0.3 is 5.69 Å². The molecule has 0 fully saturated rings. The molecule has 7 heteroatoms. The predicted octanol–water partition coefficient (Wildman–Crippen LogP) is 3.46. The third-order valence-electron chi connectivity index (χ3n) is 4.08. The number of hydrogen-bond acceptors (Lipinski definition) is 3. The van der Waals surface area contributed by atoms with Crippen LogP contribution in [0.4, 0.5) is 8.78 Å². The fourth-order valence-electron chi connectivity index (χ4n) is 2.88. The van der Waals surface area contributed by atoms with Crippen molar-refractivity contribution >= 4 is 11.2 Å². The Hall–Kier alpha value is -3.48. The van der Waals surface area contributed by atoms with Crippen LogP contribution in [0.2, 0.25) is 0 Å². The zero-order valence-electron chi connectivity index (χ0n) is 13.7. The minimum atomic E-state index is -0.703. The summed E-state index contributed by atoms with van der Waals surface area (Å²) < 4.78 is 35.5. The Morgan fingerprint density at radius 3 is 2.50 bits per heavy atom. The molecule has 0 bridgehead atoms. The maximum absolute atomic E-state index is 14.3. The summed E-state index contributed by atoms with van der Waals surface area (Å²) in [7, 11) is 1.54. The fraction of sp³-hybridized carbons (Fsp3) is 0.0526. The highest BCUT2D eigenvalue weighted by atomic mass is 19.1. The lowest BCUT2D eigenvalue weighted by atomic mass is 10.3. The van der Waals surface area contributed by atoms with E-state index in [0.717, 1.165) is 22.8 Å². The van der Waals surface area contributed by atoms with Gasteiger partial charge in [-0.1, -0.05) is 0 Å². The Morgan fingerprint density at radius 1 is 1.00 bits per heavy atom. The molecule has 0 saturated carbocycles. The molecule has 0 aliphatic carbocycles. The van der Waals surface area contributed by atoms with Crippen molar-refractivity contribution in [1.29, 1.82) is 0 Å². The van der Waals surface area contributed by atoms with Crippen molar-refractivity contribution in [2.24, 2.45) is 0 Å². The summed E-state index contributed by atoms with van der Waals surface area (Å²) >= 11 is 0. The zero-order chi connectivity index (χ0) is 18.3. The van der Waals surface area contributed by atoms with Crippen LogP contribution in [0.25, 0.3) is 22.5 Å². The number of ether oxygens (including phenoxy) is 1. The number of aromatic nitrogens is 3. The number of nitrogens with zero attached hydrogens (tertiary/aromatic N) is 3. The van der Waals surface area contributed by atoms with Gasteiger partial charge in [0.25, 0.3) is 0 Å². The molecule has 0 N–H and O–H groups in total. The van der Waals surface area contributed by atoms with Crippen LogP contribution < -0.4 is 10.4 Å². The van der Waals surface area contributed by atoms with Crippen molar-refractivity contribution in [3.8, 4) is 17.1 Å². The zero-order valence-corrected chi connectivity index (χ0v) is 13.7. The Labute approximate surface area is 146 Å². The standard InChI is InChI=1S/C19H13F2N3O2/c1-26-14-7-5-13(6-8-14)23-18-16(3-2-10-22-18)24(19(23)25)17-11-12(20)4-9-15(17)21/h2-11H,1H3. The van der Waals surface area contributed by atoms with E-state index in [4.69, 9.17) is 4.74 Å². The topological polar surface area (TPSA) is 49.0 Å². The van der Waals surface area contributed by atoms with Gasteiger partial charge in [0.1, 0.15) is 17.4 Å². The van der Waals surface area contributed by atoms with E-state index in [1.807, 2.05) is 0 Å². The molecule has 0 radical (unpaired) electrons. The largest absolute Gasteiger partial charge is 0.497 e. The molecule has 0 atom stereocenters. The summed E-state index contributed by atoms with van der Waals surface area (Å²) in [5.41, 5.74) is 0.535. The van der Waals surface area contributed by atoms with Crippen molar-refractivity contribution in [1.82, 2.24) is 14.1 Å². The summed E-state index contributed by atoms with van der Waals surface area (Å²) in [6.07, 6.45) is 1.54. The monoisotopic (exact) mass is 353 g/mol. The van der Waals surface area contributed by atoms with Crippen LogP contribution in [0.5, 0.6) is 5.75 Å². The van der Waals surface area contributed by atoms with E-state index in [1.165, 1.54) is 10.8 Å². The fourth-order valence-corrected chi connectivity index (χ4v) is 2.88. The maximum Gasteiger partial charge on any atom is 0.339 e. The average Bonchev–Trinajstić information content (AvgIpc) is 2.95. The maximum atomic E-state index is 14.3. The third kappa shape index (κ3) is 2.45. The van der Waals surface area contributed by atoms with Gasteiger partial charge in [-0.15, -0.1) is 0 Å². The lowest BCUT2D eigenvalue weighted by Gasteiger charge is -2.05. The number of benzene rings is 2.